The van der Waals surface area contributed by atoms with Crippen LogP contribution in [0.1, 0.15) is 44.6 Å². The quantitative estimate of drug-likeness (QED) is 0.840. The van der Waals surface area contributed by atoms with E-state index in [9.17, 15) is 8.78 Å². The Balaban J connectivity index is 1.69. The topological polar surface area (TPSA) is 24.1 Å². The van der Waals surface area contributed by atoms with Crippen LogP contribution in [0, 0.1) is 11.6 Å². The molecule has 118 valence electrons. The summed E-state index contributed by atoms with van der Waals surface area (Å²) in [7, 11) is 0. The molecule has 0 bridgehead atoms. The molecule has 2 nitrogen and oxygen atoms in total. The van der Waals surface area contributed by atoms with Crippen molar-refractivity contribution in [1.29, 1.82) is 0 Å². The minimum absolute atomic E-state index is 0.416. The predicted molar refractivity (Wildman–Crippen MR) is 82.4 cm³/mol. The third kappa shape index (κ3) is 6.10. The number of hydrogen-bond acceptors (Lipinski definition) is 2. The molecule has 2 atom stereocenters. The maximum atomic E-state index is 13.1. The van der Waals surface area contributed by atoms with Gasteiger partial charge in [-0.25, -0.2) is 8.78 Å². The summed E-state index contributed by atoms with van der Waals surface area (Å²) in [4.78, 5) is 0. The second-order valence-corrected chi connectivity index (χ2v) is 6.12. The van der Waals surface area contributed by atoms with E-state index in [-0.39, 0.29) is 0 Å². The van der Waals surface area contributed by atoms with Crippen LogP contribution in [-0.2, 0) is 6.42 Å². The third-order valence-electron chi connectivity index (χ3n) is 4.13. The van der Waals surface area contributed by atoms with Crippen LogP contribution in [-0.4, -0.2) is 25.2 Å². The van der Waals surface area contributed by atoms with Crippen molar-refractivity contribution in [3.8, 4) is 0 Å². The standard InChI is InChI=1S/C17H26F2N2/c1-13(9-17-5-3-2-4-7-21-17)20-8-6-14-10-15(18)12-16(19)11-14/h10-13,17,20-21H,2-9H2,1H3. The normalized spacial score (nSPS) is 21.0. The second-order valence-electron chi connectivity index (χ2n) is 6.12. The van der Waals surface area contributed by atoms with Crippen molar-refractivity contribution in [2.45, 2.75) is 57.5 Å². The number of halogens is 2. The lowest BCUT2D eigenvalue weighted by Crippen LogP contribution is -2.37. The van der Waals surface area contributed by atoms with E-state index in [0.717, 1.165) is 25.6 Å². The molecule has 0 spiro atoms. The van der Waals surface area contributed by atoms with Gasteiger partial charge in [0.15, 0.2) is 0 Å². The summed E-state index contributed by atoms with van der Waals surface area (Å²) < 4.78 is 26.2. The second kappa shape index (κ2) is 8.44. The highest BCUT2D eigenvalue weighted by Gasteiger charge is 2.14. The van der Waals surface area contributed by atoms with E-state index >= 15 is 0 Å². The zero-order chi connectivity index (χ0) is 15.1. The van der Waals surface area contributed by atoms with Gasteiger partial charge in [0.25, 0.3) is 0 Å². The maximum absolute atomic E-state index is 13.1. The van der Waals surface area contributed by atoms with Crippen molar-refractivity contribution in [2.24, 2.45) is 0 Å². The lowest BCUT2D eigenvalue weighted by atomic mass is 10.0. The van der Waals surface area contributed by atoms with E-state index in [0.29, 0.717) is 24.1 Å². The molecule has 4 heteroatoms. The summed E-state index contributed by atoms with van der Waals surface area (Å²) in [5, 5.41) is 7.05. The van der Waals surface area contributed by atoms with E-state index in [4.69, 9.17) is 0 Å². The molecule has 2 unspecified atom stereocenters. The minimum atomic E-state index is -0.499. The van der Waals surface area contributed by atoms with E-state index in [1.807, 2.05) is 0 Å². The van der Waals surface area contributed by atoms with Crippen LogP contribution in [0.4, 0.5) is 8.78 Å². The number of hydrogen-bond donors (Lipinski definition) is 2. The molecule has 0 radical (unpaired) electrons. The van der Waals surface area contributed by atoms with Crippen molar-refractivity contribution in [2.75, 3.05) is 13.1 Å². The zero-order valence-electron chi connectivity index (χ0n) is 12.8. The van der Waals surface area contributed by atoms with Crippen LogP contribution in [0.2, 0.25) is 0 Å². The van der Waals surface area contributed by atoms with Crippen LogP contribution in [0.15, 0.2) is 18.2 Å². The van der Waals surface area contributed by atoms with E-state index in [1.165, 1.54) is 37.8 Å². The van der Waals surface area contributed by atoms with Gasteiger partial charge < -0.3 is 10.6 Å². The van der Waals surface area contributed by atoms with Gasteiger partial charge in [0.2, 0.25) is 0 Å². The molecule has 2 rings (SSSR count). The molecule has 0 aromatic heterocycles. The van der Waals surface area contributed by atoms with Gasteiger partial charge in [-0.15, -0.1) is 0 Å². The molecular formula is C17H26F2N2. The average molecular weight is 296 g/mol. The first-order valence-electron chi connectivity index (χ1n) is 8.05. The van der Waals surface area contributed by atoms with Crippen LogP contribution in [0.3, 0.4) is 0 Å². The van der Waals surface area contributed by atoms with E-state index in [2.05, 4.69) is 17.6 Å². The zero-order valence-corrected chi connectivity index (χ0v) is 12.8. The Bertz CT molecular complexity index is 409. The molecule has 0 amide bonds. The Morgan fingerprint density at radius 2 is 1.95 bits per heavy atom. The molecule has 1 heterocycles. The van der Waals surface area contributed by atoms with Crippen molar-refractivity contribution in [3.05, 3.63) is 35.4 Å². The van der Waals surface area contributed by atoms with Crippen LogP contribution < -0.4 is 10.6 Å². The van der Waals surface area contributed by atoms with Crippen molar-refractivity contribution in [3.63, 3.8) is 0 Å². The minimum Gasteiger partial charge on any atom is -0.314 e. The van der Waals surface area contributed by atoms with Crippen LogP contribution >= 0.6 is 0 Å². The van der Waals surface area contributed by atoms with Gasteiger partial charge >= 0.3 is 0 Å². The Morgan fingerprint density at radius 3 is 2.71 bits per heavy atom. The average Bonchev–Trinajstić information content (AvgIpc) is 2.66. The lowest BCUT2D eigenvalue weighted by Gasteiger charge is -2.21. The monoisotopic (exact) mass is 296 g/mol. The lowest BCUT2D eigenvalue weighted by molar-refractivity contribution is 0.404. The van der Waals surface area contributed by atoms with Crippen molar-refractivity contribution >= 4 is 0 Å². The molecule has 21 heavy (non-hydrogen) atoms. The van der Waals surface area contributed by atoms with Crippen molar-refractivity contribution in [1.82, 2.24) is 10.6 Å². The highest BCUT2D eigenvalue weighted by molar-refractivity contribution is 5.18. The summed E-state index contributed by atoms with van der Waals surface area (Å²) in [5.41, 5.74) is 0.708. The van der Waals surface area contributed by atoms with Crippen LogP contribution in [0.5, 0.6) is 0 Å². The SMILES string of the molecule is CC(CC1CCCCCN1)NCCc1cc(F)cc(F)c1. The molecule has 1 saturated heterocycles. The number of rotatable bonds is 6. The van der Waals surface area contributed by atoms with Gasteiger partial charge in [0.05, 0.1) is 0 Å². The Kier molecular flexibility index (Phi) is 6.58. The summed E-state index contributed by atoms with van der Waals surface area (Å²) in [5.74, 6) is -0.999. The Hall–Kier alpha value is -1.00. The van der Waals surface area contributed by atoms with Crippen molar-refractivity contribution < 1.29 is 8.78 Å². The fourth-order valence-corrected chi connectivity index (χ4v) is 3.03. The van der Waals surface area contributed by atoms with E-state index < -0.39 is 11.6 Å². The first-order valence-corrected chi connectivity index (χ1v) is 8.05. The number of nitrogens with one attached hydrogen (secondary N) is 2. The molecule has 0 saturated carbocycles. The summed E-state index contributed by atoms with van der Waals surface area (Å²) in [6.07, 6.45) is 6.93. The summed E-state index contributed by atoms with van der Waals surface area (Å²) in [6, 6.07) is 4.74. The Morgan fingerprint density at radius 1 is 1.19 bits per heavy atom. The molecule has 1 aromatic carbocycles. The molecular weight excluding hydrogens is 270 g/mol. The molecule has 1 fully saturated rings. The largest absolute Gasteiger partial charge is 0.314 e. The van der Waals surface area contributed by atoms with Gasteiger partial charge in [0.1, 0.15) is 11.6 Å². The molecule has 1 aliphatic rings. The smallest absolute Gasteiger partial charge is 0.126 e. The predicted octanol–water partition coefficient (Wildman–Crippen LogP) is 3.41. The van der Waals surface area contributed by atoms with Gasteiger partial charge in [0, 0.05) is 18.2 Å². The van der Waals surface area contributed by atoms with Gasteiger partial charge in [-0.05, 0) is 63.4 Å². The molecule has 1 aliphatic heterocycles. The molecule has 0 aliphatic carbocycles. The number of benzene rings is 1. The summed E-state index contributed by atoms with van der Waals surface area (Å²) in [6.45, 7) is 4.05. The summed E-state index contributed by atoms with van der Waals surface area (Å²) >= 11 is 0. The van der Waals surface area contributed by atoms with Gasteiger partial charge in [-0.2, -0.15) is 0 Å². The highest BCUT2D eigenvalue weighted by Crippen LogP contribution is 2.13. The van der Waals surface area contributed by atoms with Gasteiger partial charge in [-0.1, -0.05) is 12.8 Å². The molecule has 2 N–H and O–H groups in total. The highest BCUT2D eigenvalue weighted by atomic mass is 19.1. The van der Waals surface area contributed by atoms with E-state index in [1.54, 1.807) is 0 Å². The molecule has 1 aromatic rings. The first kappa shape index (κ1) is 16.4. The third-order valence-corrected chi connectivity index (χ3v) is 4.13. The first-order chi connectivity index (χ1) is 10.1. The maximum Gasteiger partial charge on any atom is 0.126 e. The Labute approximate surface area is 126 Å². The van der Waals surface area contributed by atoms with Gasteiger partial charge in [-0.3, -0.25) is 0 Å². The van der Waals surface area contributed by atoms with Crippen LogP contribution in [0.25, 0.3) is 0 Å². The fraction of sp³-hybridized carbons (Fsp3) is 0.647. The fourth-order valence-electron chi connectivity index (χ4n) is 3.03.